The largest absolute Gasteiger partial charge is 0.316 e. The van der Waals surface area contributed by atoms with Crippen molar-refractivity contribution >= 4 is 27.7 Å². The van der Waals surface area contributed by atoms with Crippen molar-refractivity contribution in [1.82, 2.24) is 14.3 Å². The van der Waals surface area contributed by atoms with Gasteiger partial charge in [-0.1, -0.05) is 29.8 Å². The van der Waals surface area contributed by atoms with Crippen molar-refractivity contribution in [3.8, 4) is 11.3 Å². The highest BCUT2D eigenvalue weighted by Gasteiger charge is 2.20. The number of nitrogens with one attached hydrogen (secondary N) is 1. The molecule has 0 radical (unpaired) electrons. The molecule has 1 N–H and O–H groups in total. The Morgan fingerprint density at radius 2 is 2.11 bits per heavy atom. The minimum Gasteiger partial charge on any atom is -0.316 e. The lowest BCUT2D eigenvalue weighted by Gasteiger charge is -2.10. The average Bonchev–Trinajstić information content (AvgIpc) is 3.07. The third-order valence-corrected chi connectivity index (χ3v) is 5.78. The summed E-state index contributed by atoms with van der Waals surface area (Å²) in [5.74, 6) is -0.818. The fraction of sp³-hybridized carbons (Fsp3) is 0.150. The Morgan fingerprint density at radius 3 is 2.79 bits per heavy atom. The van der Waals surface area contributed by atoms with Crippen molar-refractivity contribution < 1.29 is 12.8 Å². The first-order chi connectivity index (χ1) is 13.4. The number of benzene rings is 1. The monoisotopic (exact) mass is 419 g/mol. The van der Waals surface area contributed by atoms with Crippen LogP contribution in [0.2, 0.25) is 5.02 Å². The summed E-state index contributed by atoms with van der Waals surface area (Å²) >= 11 is 5.83. The van der Waals surface area contributed by atoms with Crippen LogP contribution in [0.4, 0.5) is 4.39 Å². The number of hydrogen-bond acceptors (Lipinski definition) is 4. The molecule has 2 aromatic heterocycles. The van der Waals surface area contributed by atoms with E-state index in [1.165, 1.54) is 24.4 Å². The van der Waals surface area contributed by atoms with Gasteiger partial charge in [-0.2, -0.15) is 0 Å². The molecule has 3 rings (SSSR count). The van der Waals surface area contributed by atoms with E-state index in [4.69, 9.17) is 11.6 Å². The summed E-state index contributed by atoms with van der Waals surface area (Å²) < 4.78 is 41.4. The molecule has 0 saturated heterocycles. The molecule has 0 saturated carbocycles. The van der Waals surface area contributed by atoms with Crippen LogP contribution in [0.5, 0.6) is 0 Å². The summed E-state index contributed by atoms with van der Waals surface area (Å²) in [6.45, 7) is 0.455. The molecular weight excluding hydrogens is 401 g/mol. The van der Waals surface area contributed by atoms with Crippen molar-refractivity contribution in [2.24, 2.45) is 0 Å². The van der Waals surface area contributed by atoms with Crippen LogP contribution in [0, 0.1) is 5.82 Å². The maximum Gasteiger partial charge on any atom is 0.242 e. The van der Waals surface area contributed by atoms with Gasteiger partial charge in [0.2, 0.25) is 10.0 Å². The summed E-state index contributed by atoms with van der Waals surface area (Å²) in [5.41, 5.74) is 1.96. The van der Waals surface area contributed by atoms with Gasteiger partial charge in [0.05, 0.1) is 11.4 Å². The second kappa shape index (κ2) is 8.68. The molecule has 0 aliphatic heterocycles. The van der Waals surface area contributed by atoms with Crippen LogP contribution >= 0.6 is 11.6 Å². The van der Waals surface area contributed by atoms with Gasteiger partial charge in [0.1, 0.15) is 5.82 Å². The molecule has 1 aromatic carbocycles. The first-order valence-electron chi connectivity index (χ1n) is 8.52. The molecule has 0 atom stereocenters. The molecule has 0 unspecified atom stereocenters. The van der Waals surface area contributed by atoms with Crippen LogP contribution in [0.25, 0.3) is 17.3 Å². The van der Waals surface area contributed by atoms with Gasteiger partial charge in [-0.25, -0.2) is 16.8 Å². The van der Waals surface area contributed by atoms with Gasteiger partial charge in [0, 0.05) is 35.7 Å². The van der Waals surface area contributed by atoms with E-state index < -0.39 is 15.8 Å². The summed E-state index contributed by atoms with van der Waals surface area (Å²) in [4.78, 5) is 3.99. The zero-order valence-corrected chi connectivity index (χ0v) is 16.7. The minimum atomic E-state index is -3.75. The fourth-order valence-electron chi connectivity index (χ4n) is 2.78. The second-order valence-electron chi connectivity index (χ2n) is 6.15. The number of hydrogen-bond donors (Lipinski definition) is 1. The molecule has 0 aliphatic rings. The number of nitrogens with zero attached hydrogens (tertiary/aromatic N) is 2. The Labute approximate surface area is 168 Å². The van der Waals surface area contributed by atoms with E-state index in [1.54, 1.807) is 43.7 Å². The molecule has 8 heteroatoms. The van der Waals surface area contributed by atoms with E-state index in [1.807, 2.05) is 6.07 Å². The predicted octanol–water partition coefficient (Wildman–Crippen LogP) is 3.95. The van der Waals surface area contributed by atoms with E-state index >= 15 is 0 Å². The van der Waals surface area contributed by atoms with Crippen LogP contribution < -0.4 is 5.32 Å². The topological polar surface area (TPSA) is 64.0 Å². The van der Waals surface area contributed by atoms with Gasteiger partial charge in [0.25, 0.3) is 0 Å². The maximum absolute atomic E-state index is 14.4. The molecule has 5 nitrogen and oxygen atoms in total. The van der Waals surface area contributed by atoms with E-state index in [0.717, 1.165) is 15.1 Å². The van der Waals surface area contributed by atoms with Crippen LogP contribution in [0.3, 0.4) is 0 Å². The summed E-state index contributed by atoms with van der Waals surface area (Å²) in [6, 6.07) is 9.43. The summed E-state index contributed by atoms with van der Waals surface area (Å²) in [7, 11) is -2.00. The Balaban J connectivity index is 1.98. The summed E-state index contributed by atoms with van der Waals surface area (Å²) in [6.07, 6.45) is 8.02. The normalized spacial score (nSPS) is 12.0. The van der Waals surface area contributed by atoms with Gasteiger partial charge in [-0.15, -0.1) is 0 Å². The lowest BCUT2D eigenvalue weighted by atomic mass is 10.1. The van der Waals surface area contributed by atoms with Crippen molar-refractivity contribution in [3.05, 3.63) is 83.0 Å². The highest BCUT2D eigenvalue weighted by molar-refractivity contribution is 7.90. The molecule has 3 aromatic rings. The van der Waals surface area contributed by atoms with Crippen LogP contribution in [0.15, 0.2) is 61.1 Å². The van der Waals surface area contributed by atoms with Crippen molar-refractivity contribution in [2.45, 2.75) is 6.54 Å². The molecule has 0 fully saturated rings. The van der Waals surface area contributed by atoms with E-state index in [9.17, 15) is 12.8 Å². The second-order valence-corrected chi connectivity index (χ2v) is 8.48. The van der Waals surface area contributed by atoms with E-state index in [0.29, 0.717) is 6.54 Å². The first-order valence-corrected chi connectivity index (χ1v) is 10.5. The van der Waals surface area contributed by atoms with Gasteiger partial charge in [-0.3, -0.25) is 4.98 Å². The van der Waals surface area contributed by atoms with Crippen LogP contribution in [-0.4, -0.2) is 30.2 Å². The zero-order chi connectivity index (χ0) is 20.1. The van der Waals surface area contributed by atoms with Crippen molar-refractivity contribution in [2.75, 3.05) is 12.8 Å². The molecular formula is C20H19ClFN3O2S. The minimum absolute atomic E-state index is 0.173. The highest BCUT2D eigenvalue weighted by atomic mass is 35.5. The quantitative estimate of drug-likeness (QED) is 0.629. The lowest BCUT2D eigenvalue weighted by molar-refractivity contribution is 0.590. The molecule has 0 spiro atoms. The number of rotatable bonds is 7. The molecule has 0 aliphatic carbocycles. The predicted molar refractivity (Wildman–Crippen MR) is 110 cm³/mol. The standard InChI is InChI=1S/C20H19ClFN3O2S/c1-23-12-16-10-20(18-7-6-17(21)11-19(18)22)25(14-16)28(26,27)9-3-5-15-4-2-8-24-13-15/h2-8,10-11,13-14,23H,9,12H2,1H3. The molecule has 0 bridgehead atoms. The third kappa shape index (κ3) is 4.67. The first kappa shape index (κ1) is 20.3. The van der Waals surface area contributed by atoms with E-state index in [2.05, 4.69) is 10.3 Å². The molecule has 146 valence electrons. The Kier molecular flexibility index (Phi) is 6.28. The number of aromatic nitrogens is 2. The molecule has 2 heterocycles. The van der Waals surface area contributed by atoms with Crippen LogP contribution in [0.1, 0.15) is 11.1 Å². The van der Waals surface area contributed by atoms with Crippen molar-refractivity contribution in [3.63, 3.8) is 0 Å². The Bertz CT molecular complexity index is 1100. The third-order valence-electron chi connectivity index (χ3n) is 4.03. The Morgan fingerprint density at radius 1 is 1.29 bits per heavy atom. The smallest absolute Gasteiger partial charge is 0.242 e. The van der Waals surface area contributed by atoms with Crippen LogP contribution in [-0.2, 0) is 16.6 Å². The zero-order valence-electron chi connectivity index (χ0n) is 15.1. The average molecular weight is 420 g/mol. The highest BCUT2D eigenvalue weighted by Crippen LogP contribution is 2.29. The fourth-order valence-corrected chi connectivity index (χ4v) is 4.19. The lowest BCUT2D eigenvalue weighted by Crippen LogP contribution is -2.16. The number of pyridine rings is 1. The number of halogens is 2. The van der Waals surface area contributed by atoms with Gasteiger partial charge in [0.15, 0.2) is 0 Å². The maximum atomic E-state index is 14.4. The summed E-state index contributed by atoms with van der Waals surface area (Å²) in [5, 5.41) is 3.22. The SMILES string of the molecule is CNCc1cc(-c2ccc(Cl)cc2F)n(S(=O)(=O)CC=Cc2cccnc2)c1. The Hall–Kier alpha value is -2.48. The van der Waals surface area contributed by atoms with Gasteiger partial charge < -0.3 is 5.32 Å². The molecule has 28 heavy (non-hydrogen) atoms. The van der Waals surface area contributed by atoms with E-state index in [-0.39, 0.29) is 22.0 Å². The molecule has 0 amide bonds. The van der Waals surface area contributed by atoms with Crippen molar-refractivity contribution in [1.29, 1.82) is 0 Å². The van der Waals surface area contributed by atoms with Gasteiger partial charge >= 0.3 is 0 Å². The van der Waals surface area contributed by atoms with Gasteiger partial charge in [-0.05, 0) is 48.5 Å².